The van der Waals surface area contributed by atoms with Crippen molar-refractivity contribution in [2.75, 3.05) is 30.3 Å². The van der Waals surface area contributed by atoms with Gasteiger partial charge in [-0.25, -0.2) is 0 Å². The summed E-state index contributed by atoms with van der Waals surface area (Å²) in [5, 5.41) is 12.8. The van der Waals surface area contributed by atoms with Gasteiger partial charge in [0.25, 0.3) is 0 Å². The lowest BCUT2D eigenvalue weighted by Crippen LogP contribution is -2.38. The molecular formula is C15H20N2O3S. The van der Waals surface area contributed by atoms with Gasteiger partial charge in [0.2, 0.25) is 5.91 Å². The summed E-state index contributed by atoms with van der Waals surface area (Å²) in [5.74, 6) is -0.821. The molecule has 1 aliphatic heterocycles. The minimum Gasteiger partial charge on any atom is -0.480 e. The molecular weight excluding hydrogens is 288 g/mol. The highest BCUT2D eigenvalue weighted by molar-refractivity contribution is 8.00. The van der Waals surface area contributed by atoms with Gasteiger partial charge in [0, 0.05) is 10.9 Å². The molecule has 0 atom stereocenters. The monoisotopic (exact) mass is 308 g/mol. The van der Waals surface area contributed by atoms with Gasteiger partial charge in [-0.2, -0.15) is 0 Å². The Kier molecular flexibility index (Phi) is 6.07. The van der Waals surface area contributed by atoms with Crippen molar-refractivity contribution < 1.29 is 14.7 Å². The summed E-state index contributed by atoms with van der Waals surface area (Å²) in [4.78, 5) is 24.7. The highest BCUT2D eigenvalue weighted by Gasteiger charge is 2.21. The predicted molar refractivity (Wildman–Crippen MR) is 84.8 cm³/mol. The van der Waals surface area contributed by atoms with Crippen molar-refractivity contribution in [2.24, 2.45) is 0 Å². The van der Waals surface area contributed by atoms with Gasteiger partial charge in [0.1, 0.15) is 6.54 Å². The SMILES string of the molecule is O=C(O)CN(C(=O)CSC1CCNCC1)c1ccccc1. The Labute approximate surface area is 128 Å². The molecule has 2 N–H and O–H groups in total. The molecule has 6 heteroatoms. The predicted octanol–water partition coefficient (Wildman–Crippen LogP) is 1.59. The van der Waals surface area contributed by atoms with Crippen LogP contribution < -0.4 is 10.2 Å². The number of nitrogens with one attached hydrogen (secondary N) is 1. The number of hydrogen-bond acceptors (Lipinski definition) is 4. The first-order chi connectivity index (χ1) is 10.2. The number of benzene rings is 1. The summed E-state index contributed by atoms with van der Waals surface area (Å²) < 4.78 is 0. The maximum absolute atomic E-state index is 12.3. The number of amides is 1. The second-order valence-electron chi connectivity index (χ2n) is 4.97. The molecule has 1 fully saturated rings. The molecule has 1 aromatic rings. The average Bonchev–Trinajstić information content (AvgIpc) is 2.52. The number of piperidine rings is 1. The van der Waals surface area contributed by atoms with Gasteiger partial charge in [-0.15, -0.1) is 11.8 Å². The third kappa shape index (κ3) is 5.06. The summed E-state index contributed by atoms with van der Waals surface area (Å²) >= 11 is 1.63. The third-order valence-corrected chi connectivity index (χ3v) is 4.75. The van der Waals surface area contributed by atoms with Crippen molar-refractivity contribution in [3.63, 3.8) is 0 Å². The first kappa shape index (κ1) is 15.9. The lowest BCUT2D eigenvalue weighted by Gasteiger charge is -2.24. The summed E-state index contributed by atoms with van der Waals surface area (Å²) in [6.07, 6.45) is 2.12. The van der Waals surface area contributed by atoms with Gasteiger partial charge >= 0.3 is 5.97 Å². The van der Waals surface area contributed by atoms with Crippen LogP contribution in [-0.2, 0) is 9.59 Å². The van der Waals surface area contributed by atoms with Gasteiger partial charge in [-0.1, -0.05) is 18.2 Å². The van der Waals surface area contributed by atoms with E-state index in [9.17, 15) is 9.59 Å². The van der Waals surface area contributed by atoms with Gasteiger partial charge < -0.3 is 15.3 Å². The molecule has 1 saturated heterocycles. The zero-order valence-electron chi connectivity index (χ0n) is 11.8. The molecule has 0 saturated carbocycles. The van der Waals surface area contributed by atoms with Gasteiger partial charge in [0.15, 0.2) is 0 Å². The van der Waals surface area contributed by atoms with E-state index in [4.69, 9.17) is 5.11 Å². The van der Waals surface area contributed by atoms with Gasteiger partial charge in [0.05, 0.1) is 5.75 Å². The van der Waals surface area contributed by atoms with E-state index in [1.165, 1.54) is 4.90 Å². The number of carbonyl (C=O) groups excluding carboxylic acids is 1. The zero-order chi connectivity index (χ0) is 15.1. The molecule has 0 aliphatic carbocycles. The second kappa shape index (κ2) is 8.05. The van der Waals surface area contributed by atoms with E-state index in [-0.39, 0.29) is 12.5 Å². The molecule has 0 spiro atoms. The normalized spacial score (nSPS) is 15.6. The number of rotatable bonds is 6. The smallest absolute Gasteiger partial charge is 0.323 e. The van der Waals surface area contributed by atoms with E-state index in [1.54, 1.807) is 36.0 Å². The van der Waals surface area contributed by atoms with E-state index in [0.29, 0.717) is 16.7 Å². The van der Waals surface area contributed by atoms with Gasteiger partial charge in [-0.3, -0.25) is 9.59 Å². The van der Waals surface area contributed by atoms with Crippen molar-refractivity contribution in [3.8, 4) is 0 Å². The van der Waals surface area contributed by atoms with E-state index < -0.39 is 5.97 Å². The highest BCUT2D eigenvalue weighted by atomic mass is 32.2. The Morgan fingerprint density at radius 1 is 1.24 bits per heavy atom. The Morgan fingerprint density at radius 3 is 2.52 bits per heavy atom. The fraction of sp³-hybridized carbons (Fsp3) is 0.467. The van der Waals surface area contributed by atoms with Crippen LogP contribution in [0.3, 0.4) is 0 Å². The van der Waals surface area contributed by atoms with Crippen LogP contribution in [0.15, 0.2) is 30.3 Å². The van der Waals surface area contributed by atoms with Crippen LogP contribution in [0.5, 0.6) is 0 Å². The minimum absolute atomic E-state index is 0.146. The molecule has 0 bridgehead atoms. The molecule has 0 unspecified atom stereocenters. The minimum atomic E-state index is -1.00. The fourth-order valence-corrected chi connectivity index (χ4v) is 3.40. The molecule has 1 amide bonds. The maximum Gasteiger partial charge on any atom is 0.323 e. The van der Waals surface area contributed by atoms with Crippen LogP contribution >= 0.6 is 11.8 Å². The number of aliphatic carboxylic acids is 1. The third-order valence-electron chi connectivity index (χ3n) is 3.39. The summed E-state index contributed by atoms with van der Waals surface area (Å²) in [5.41, 5.74) is 0.635. The topological polar surface area (TPSA) is 69.6 Å². The molecule has 0 aromatic heterocycles. The van der Waals surface area contributed by atoms with E-state index >= 15 is 0 Å². The Hall–Kier alpha value is -1.53. The number of carboxylic acid groups (broad SMARTS) is 1. The largest absolute Gasteiger partial charge is 0.480 e. The van der Waals surface area contributed by atoms with Crippen molar-refractivity contribution in [1.29, 1.82) is 0 Å². The number of para-hydroxylation sites is 1. The van der Waals surface area contributed by atoms with E-state index in [2.05, 4.69) is 5.32 Å². The summed E-state index contributed by atoms with van der Waals surface area (Å²) in [6.45, 7) is 1.68. The molecule has 114 valence electrons. The van der Waals surface area contributed by atoms with E-state index in [0.717, 1.165) is 25.9 Å². The van der Waals surface area contributed by atoms with Crippen LogP contribution in [0.25, 0.3) is 0 Å². The molecule has 1 aliphatic rings. The van der Waals surface area contributed by atoms with E-state index in [1.807, 2.05) is 6.07 Å². The molecule has 21 heavy (non-hydrogen) atoms. The number of thioether (sulfide) groups is 1. The van der Waals surface area contributed by atoms with Crippen LogP contribution in [0.2, 0.25) is 0 Å². The standard InChI is InChI=1S/C15H20N2O3S/c18-14(11-21-13-6-8-16-9-7-13)17(10-15(19)20)12-4-2-1-3-5-12/h1-5,13,16H,6-11H2,(H,19,20). The number of anilines is 1. The fourth-order valence-electron chi connectivity index (χ4n) is 2.30. The van der Waals surface area contributed by atoms with Crippen LogP contribution in [0, 0.1) is 0 Å². The van der Waals surface area contributed by atoms with Crippen molar-refractivity contribution >= 4 is 29.3 Å². The number of nitrogens with zero attached hydrogens (tertiary/aromatic N) is 1. The Morgan fingerprint density at radius 2 is 1.90 bits per heavy atom. The Balaban J connectivity index is 1.95. The number of carbonyl (C=O) groups is 2. The maximum atomic E-state index is 12.3. The quantitative estimate of drug-likeness (QED) is 0.835. The molecule has 2 rings (SSSR count). The molecule has 1 aromatic carbocycles. The Bertz CT molecular complexity index is 475. The molecule has 5 nitrogen and oxygen atoms in total. The first-order valence-corrected chi connectivity index (χ1v) is 8.11. The molecule has 0 radical (unpaired) electrons. The lowest BCUT2D eigenvalue weighted by molar-refractivity contribution is -0.136. The first-order valence-electron chi connectivity index (χ1n) is 7.06. The van der Waals surface area contributed by atoms with Crippen molar-refractivity contribution in [3.05, 3.63) is 30.3 Å². The second-order valence-corrected chi connectivity index (χ2v) is 6.26. The van der Waals surface area contributed by atoms with Gasteiger partial charge in [-0.05, 0) is 38.1 Å². The van der Waals surface area contributed by atoms with Crippen LogP contribution in [-0.4, -0.2) is 47.6 Å². The summed E-state index contributed by atoms with van der Waals surface area (Å²) in [7, 11) is 0. The van der Waals surface area contributed by atoms with Crippen LogP contribution in [0.4, 0.5) is 5.69 Å². The lowest BCUT2D eigenvalue weighted by atomic mass is 10.2. The van der Waals surface area contributed by atoms with Crippen molar-refractivity contribution in [1.82, 2.24) is 5.32 Å². The van der Waals surface area contributed by atoms with Crippen molar-refractivity contribution in [2.45, 2.75) is 18.1 Å². The number of hydrogen-bond donors (Lipinski definition) is 2. The zero-order valence-corrected chi connectivity index (χ0v) is 12.6. The highest BCUT2D eigenvalue weighted by Crippen LogP contribution is 2.22. The summed E-state index contributed by atoms with van der Waals surface area (Å²) in [6, 6.07) is 8.97. The molecule has 1 heterocycles. The van der Waals surface area contributed by atoms with Crippen LogP contribution in [0.1, 0.15) is 12.8 Å². The number of carboxylic acids is 1. The average molecular weight is 308 g/mol.